The Labute approximate surface area is 123 Å². The molecule has 7 heteroatoms. The van der Waals surface area contributed by atoms with Crippen LogP contribution in [0, 0.1) is 11.8 Å². The van der Waals surface area contributed by atoms with Crippen molar-refractivity contribution < 1.29 is 24.2 Å². The lowest BCUT2D eigenvalue weighted by molar-refractivity contribution is -0.146. The van der Waals surface area contributed by atoms with E-state index in [0.29, 0.717) is 25.6 Å². The van der Waals surface area contributed by atoms with Crippen molar-refractivity contribution in [1.29, 1.82) is 0 Å². The molecule has 2 aliphatic rings. The normalized spacial score (nSPS) is 28.0. The number of amides is 2. The average molecular weight is 298 g/mol. The van der Waals surface area contributed by atoms with Gasteiger partial charge in [0, 0.05) is 25.4 Å². The van der Waals surface area contributed by atoms with Gasteiger partial charge in [-0.25, -0.2) is 0 Å². The second-order valence-corrected chi connectivity index (χ2v) is 5.77. The van der Waals surface area contributed by atoms with Crippen LogP contribution in [0.2, 0.25) is 0 Å². The number of nitrogens with one attached hydrogen (secondary N) is 1. The summed E-state index contributed by atoms with van der Waals surface area (Å²) in [6.07, 6.45) is 1.00. The fraction of sp³-hybridized carbons (Fsp3) is 0.786. The number of hydrogen-bond donors (Lipinski definition) is 2. The van der Waals surface area contributed by atoms with Crippen LogP contribution in [0.5, 0.6) is 0 Å². The third-order valence-corrected chi connectivity index (χ3v) is 4.04. The molecule has 2 amide bonds. The van der Waals surface area contributed by atoms with Crippen LogP contribution in [0.3, 0.4) is 0 Å². The summed E-state index contributed by atoms with van der Waals surface area (Å²) in [6, 6.07) is -0.414. The molecule has 0 aromatic carbocycles. The van der Waals surface area contributed by atoms with E-state index in [9.17, 15) is 14.4 Å². The number of carbonyl (C=O) groups excluding carboxylic acids is 2. The van der Waals surface area contributed by atoms with Crippen molar-refractivity contribution in [3.8, 4) is 0 Å². The number of hydrogen-bond acceptors (Lipinski definition) is 4. The number of nitrogens with zero attached hydrogens (tertiary/aromatic N) is 1. The molecule has 0 aromatic heterocycles. The molecule has 118 valence electrons. The predicted octanol–water partition coefficient (Wildman–Crippen LogP) is -0.149. The van der Waals surface area contributed by atoms with Gasteiger partial charge in [-0.05, 0) is 12.3 Å². The van der Waals surface area contributed by atoms with Crippen LogP contribution in [0.15, 0.2) is 0 Å². The molecular formula is C14H22N2O5. The van der Waals surface area contributed by atoms with Gasteiger partial charge in [-0.1, -0.05) is 6.92 Å². The van der Waals surface area contributed by atoms with Gasteiger partial charge in [0.1, 0.15) is 0 Å². The SMILES string of the molecule is CC1CC1C(=O)NCCC(=O)N1CCOCC1CC(=O)O. The lowest BCUT2D eigenvalue weighted by atomic mass is 10.1. The average Bonchev–Trinajstić information content (AvgIpc) is 3.15. The first kappa shape index (κ1) is 15.8. The maximum Gasteiger partial charge on any atom is 0.305 e. The molecule has 2 N–H and O–H groups in total. The summed E-state index contributed by atoms with van der Waals surface area (Å²) in [6.45, 7) is 3.42. The molecule has 21 heavy (non-hydrogen) atoms. The van der Waals surface area contributed by atoms with E-state index < -0.39 is 12.0 Å². The van der Waals surface area contributed by atoms with Gasteiger partial charge in [0.25, 0.3) is 0 Å². The van der Waals surface area contributed by atoms with Gasteiger partial charge in [-0.3, -0.25) is 14.4 Å². The highest BCUT2D eigenvalue weighted by Gasteiger charge is 2.38. The fourth-order valence-corrected chi connectivity index (χ4v) is 2.61. The van der Waals surface area contributed by atoms with Crippen LogP contribution >= 0.6 is 0 Å². The monoisotopic (exact) mass is 298 g/mol. The lowest BCUT2D eigenvalue weighted by Gasteiger charge is -2.35. The predicted molar refractivity (Wildman–Crippen MR) is 73.5 cm³/mol. The minimum absolute atomic E-state index is 0.0133. The van der Waals surface area contributed by atoms with E-state index in [-0.39, 0.29) is 37.2 Å². The third kappa shape index (κ3) is 4.42. The molecule has 2 rings (SSSR count). The molecule has 3 unspecified atom stereocenters. The number of ether oxygens (including phenoxy) is 1. The quantitative estimate of drug-likeness (QED) is 0.711. The largest absolute Gasteiger partial charge is 0.481 e. The Morgan fingerprint density at radius 1 is 1.38 bits per heavy atom. The van der Waals surface area contributed by atoms with Gasteiger partial charge in [-0.2, -0.15) is 0 Å². The Morgan fingerprint density at radius 3 is 2.71 bits per heavy atom. The fourth-order valence-electron chi connectivity index (χ4n) is 2.61. The Hall–Kier alpha value is -1.63. The Morgan fingerprint density at radius 2 is 2.10 bits per heavy atom. The number of carboxylic acids is 1. The zero-order chi connectivity index (χ0) is 15.4. The summed E-state index contributed by atoms with van der Waals surface area (Å²) in [5, 5.41) is 11.6. The topological polar surface area (TPSA) is 95.9 Å². The minimum Gasteiger partial charge on any atom is -0.481 e. The summed E-state index contributed by atoms with van der Waals surface area (Å²) in [4.78, 5) is 36.2. The van der Waals surface area contributed by atoms with Crippen LogP contribution in [-0.4, -0.2) is 60.1 Å². The number of carboxylic acid groups (broad SMARTS) is 1. The first-order valence-electron chi connectivity index (χ1n) is 7.35. The maximum atomic E-state index is 12.1. The van der Waals surface area contributed by atoms with Crippen molar-refractivity contribution in [3.05, 3.63) is 0 Å². The van der Waals surface area contributed by atoms with Crippen molar-refractivity contribution in [3.63, 3.8) is 0 Å². The van der Waals surface area contributed by atoms with Gasteiger partial charge in [0.05, 0.1) is 25.7 Å². The van der Waals surface area contributed by atoms with E-state index in [1.54, 1.807) is 4.90 Å². The number of morpholine rings is 1. The van der Waals surface area contributed by atoms with Crippen molar-refractivity contribution in [2.45, 2.75) is 32.2 Å². The molecule has 1 heterocycles. The molecule has 0 spiro atoms. The van der Waals surface area contributed by atoms with Gasteiger partial charge in [0.15, 0.2) is 0 Å². The molecule has 7 nitrogen and oxygen atoms in total. The molecule has 3 atom stereocenters. The molecule has 0 aromatic rings. The van der Waals surface area contributed by atoms with Crippen LogP contribution < -0.4 is 5.32 Å². The smallest absolute Gasteiger partial charge is 0.305 e. The molecular weight excluding hydrogens is 276 g/mol. The molecule has 1 saturated carbocycles. The Bertz CT molecular complexity index is 426. The van der Waals surface area contributed by atoms with E-state index in [0.717, 1.165) is 6.42 Å². The summed E-state index contributed by atoms with van der Waals surface area (Å²) in [5.74, 6) is -0.518. The second-order valence-electron chi connectivity index (χ2n) is 5.77. The van der Waals surface area contributed by atoms with Gasteiger partial charge in [0.2, 0.25) is 11.8 Å². The van der Waals surface area contributed by atoms with Crippen LogP contribution in [0.25, 0.3) is 0 Å². The Kier molecular flexibility index (Phi) is 5.17. The molecule has 2 fully saturated rings. The lowest BCUT2D eigenvalue weighted by Crippen LogP contribution is -2.50. The van der Waals surface area contributed by atoms with Gasteiger partial charge in [-0.15, -0.1) is 0 Å². The van der Waals surface area contributed by atoms with E-state index in [1.165, 1.54) is 0 Å². The zero-order valence-corrected chi connectivity index (χ0v) is 12.2. The minimum atomic E-state index is -0.945. The summed E-state index contributed by atoms with van der Waals surface area (Å²) >= 11 is 0. The molecule has 1 aliphatic heterocycles. The summed E-state index contributed by atoms with van der Waals surface area (Å²) in [5.41, 5.74) is 0. The first-order valence-corrected chi connectivity index (χ1v) is 7.35. The second kappa shape index (κ2) is 6.89. The molecule has 0 radical (unpaired) electrons. The number of aliphatic carboxylic acids is 1. The highest BCUT2D eigenvalue weighted by atomic mass is 16.5. The van der Waals surface area contributed by atoms with E-state index >= 15 is 0 Å². The van der Waals surface area contributed by atoms with Crippen molar-refractivity contribution in [2.24, 2.45) is 11.8 Å². The highest BCUT2D eigenvalue weighted by molar-refractivity contribution is 5.82. The van der Waals surface area contributed by atoms with E-state index in [4.69, 9.17) is 9.84 Å². The van der Waals surface area contributed by atoms with E-state index in [1.807, 2.05) is 6.92 Å². The van der Waals surface area contributed by atoms with Gasteiger partial charge < -0.3 is 20.1 Å². The number of carbonyl (C=O) groups is 3. The van der Waals surface area contributed by atoms with Crippen molar-refractivity contribution in [2.75, 3.05) is 26.3 Å². The summed E-state index contributed by atoms with van der Waals surface area (Å²) < 4.78 is 5.23. The zero-order valence-electron chi connectivity index (χ0n) is 12.2. The molecule has 1 saturated heterocycles. The van der Waals surface area contributed by atoms with E-state index in [2.05, 4.69) is 5.32 Å². The van der Waals surface area contributed by atoms with Crippen LogP contribution in [0.4, 0.5) is 0 Å². The van der Waals surface area contributed by atoms with Crippen molar-refractivity contribution in [1.82, 2.24) is 10.2 Å². The standard InChI is InChI=1S/C14H22N2O5/c1-9-6-11(9)14(20)15-3-2-12(17)16-4-5-21-8-10(16)7-13(18)19/h9-11H,2-8H2,1H3,(H,15,20)(H,18,19). The van der Waals surface area contributed by atoms with Crippen LogP contribution in [-0.2, 0) is 19.1 Å². The van der Waals surface area contributed by atoms with Crippen LogP contribution in [0.1, 0.15) is 26.2 Å². The maximum absolute atomic E-state index is 12.1. The highest BCUT2D eigenvalue weighted by Crippen LogP contribution is 2.37. The first-order chi connectivity index (χ1) is 9.99. The molecule has 1 aliphatic carbocycles. The van der Waals surface area contributed by atoms with Crippen molar-refractivity contribution >= 4 is 17.8 Å². The number of rotatable bonds is 6. The third-order valence-electron chi connectivity index (χ3n) is 4.04. The van der Waals surface area contributed by atoms with Gasteiger partial charge >= 0.3 is 5.97 Å². The summed E-state index contributed by atoms with van der Waals surface area (Å²) in [7, 11) is 0. The molecule has 0 bridgehead atoms. The Balaban J connectivity index is 1.75.